The average molecular weight is 234 g/mol. The number of rotatable bonds is 2. The molecular formula is C13H18N2O2. The molecule has 2 heterocycles. The fraction of sp³-hybridized carbons (Fsp3) is 0.538. The molecule has 1 atom stereocenters. The zero-order valence-electron chi connectivity index (χ0n) is 10.3. The Bertz CT molecular complexity index is 403. The number of likely N-dealkylation sites (tertiary alicyclic amines) is 1. The van der Waals surface area contributed by atoms with Crippen molar-refractivity contribution >= 4 is 5.91 Å². The van der Waals surface area contributed by atoms with Crippen LogP contribution in [-0.2, 0) is 11.2 Å². The predicted octanol–water partition coefficient (Wildman–Crippen LogP) is 0.996. The summed E-state index contributed by atoms with van der Waals surface area (Å²) in [4.78, 5) is 18.1. The Morgan fingerprint density at radius 1 is 1.59 bits per heavy atom. The standard InChI is InChI=1S/C13H18N2O2/c1-13(2)8-11(16)9-15(13)12(17)7-10-5-3-4-6-14-10/h3-6,11,16H,7-9H2,1-2H3. The number of hydrogen-bond donors (Lipinski definition) is 1. The van der Waals surface area contributed by atoms with Gasteiger partial charge in [0.25, 0.3) is 0 Å². The lowest BCUT2D eigenvalue weighted by molar-refractivity contribution is -0.133. The van der Waals surface area contributed by atoms with E-state index in [1.807, 2.05) is 32.0 Å². The molecule has 1 unspecified atom stereocenters. The number of carbonyl (C=O) groups is 1. The molecule has 1 aromatic rings. The Hall–Kier alpha value is -1.42. The van der Waals surface area contributed by atoms with Crippen LogP contribution < -0.4 is 0 Å². The van der Waals surface area contributed by atoms with Crippen molar-refractivity contribution in [1.82, 2.24) is 9.88 Å². The minimum atomic E-state index is -0.405. The molecule has 4 nitrogen and oxygen atoms in total. The molecular weight excluding hydrogens is 216 g/mol. The van der Waals surface area contributed by atoms with E-state index in [1.54, 1.807) is 11.1 Å². The van der Waals surface area contributed by atoms with E-state index in [1.165, 1.54) is 0 Å². The van der Waals surface area contributed by atoms with Crippen LogP contribution >= 0.6 is 0 Å². The van der Waals surface area contributed by atoms with Gasteiger partial charge in [-0.25, -0.2) is 0 Å². The van der Waals surface area contributed by atoms with Gasteiger partial charge in [0.2, 0.25) is 5.91 Å². The van der Waals surface area contributed by atoms with Crippen molar-refractivity contribution in [3.8, 4) is 0 Å². The summed E-state index contributed by atoms with van der Waals surface area (Å²) in [6, 6.07) is 5.55. The summed E-state index contributed by atoms with van der Waals surface area (Å²) in [5.74, 6) is 0.0326. The second kappa shape index (κ2) is 4.45. The summed E-state index contributed by atoms with van der Waals surface area (Å²) >= 11 is 0. The number of aliphatic hydroxyl groups excluding tert-OH is 1. The minimum absolute atomic E-state index is 0.0326. The number of amides is 1. The van der Waals surface area contributed by atoms with Crippen LogP contribution in [0.25, 0.3) is 0 Å². The van der Waals surface area contributed by atoms with Crippen LogP contribution in [0.3, 0.4) is 0 Å². The first-order valence-electron chi connectivity index (χ1n) is 5.87. The van der Waals surface area contributed by atoms with Gasteiger partial charge in [-0.05, 0) is 32.4 Å². The smallest absolute Gasteiger partial charge is 0.229 e. The molecule has 0 bridgehead atoms. The van der Waals surface area contributed by atoms with Gasteiger partial charge in [0.05, 0.1) is 12.5 Å². The lowest BCUT2D eigenvalue weighted by Crippen LogP contribution is -2.43. The van der Waals surface area contributed by atoms with Crippen molar-refractivity contribution in [3.63, 3.8) is 0 Å². The molecule has 4 heteroatoms. The molecule has 1 aliphatic rings. The first kappa shape index (κ1) is 12.0. The van der Waals surface area contributed by atoms with E-state index in [9.17, 15) is 9.90 Å². The molecule has 1 fully saturated rings. The van der Waals surface area contributed by atoms with Crippen molar-refractivity contribution in [2.45, 2.75) is 38.3 Å². The van der Waals surface area contributed by atoms with Gasteiger partial charge >= 0.3 is 0 Å². The molecule has 1 saturated heterocycles. The van der Waals surface area contributed by atoms with Crippen molar-refractivity contribution in [3.05, 3.63) is 30.1 Å². The van der Waals surface area contributed by atoms with Gasteiger partial charge < -0.3 is 10.0 Å². The Labute approximate surface area is 101 Å². The fourth-order valence-corrected chi connectivity index (χ4v) is 2.40. The maximum Gasteiger partial charge on any atom is 0.229 e. The minimum Gasteiger partial charge on any atom is -0.391 e. The zero-order valence-corrected chi connectivity index (χ0v) is 10.3. The summed E-state index contributed by atoms with van der Waals surface area (Å²) in [7, 11) is 0. The molecule has 0 radical (unpaired) electrons. The van der Waals surface area contributed by atoms with Gasteiger partial charge in [-0.1, -0.05) is 6.07 Å². The molecule has 1 amide bonds. The van der Waals surface area contributed by atoms with E-state index in [0.717, 1.165) is 5.69 Å². The number of pyridine rings is 1. The molecule has 0 aromatic carbocycles. The Morgan fingerprint density at radius 3 is 2.88 bits per heavy atom. The highest BCUT2D eigenvalue weighted by molar-refractivity contribution is 5.79. The average Bonchev–Trinajstić information content (AvgIpc) is 2.53. The summed E-state index contributed by atoms with van der Waals surface area (Å²) in [6.07, 6.45) is 2.22. The van der Waals surface area contributed by atoms with E-state index < -0.39 is 6.10 Å². The van der Waals surface area contributed by atoms with Crippen molar-refractivity contribution < 1.29 is 9.90 Å². The van der Waals surface area contributed by atoms with E-state index in [0.29, 0.717) is 19.4 Å². The van der Waals surface area contributed by atoms with Gasteiger partial charge in [0.15, 0.2) is 0 Å². The van der Waals surface area contributed by atoms with E-state index >= 15 is 0 Å². The number of nitrogens with zero attached hydrogens (tertiary/aromatic N) is 2. The maximum atomic E-state index is 12.2. The quantitative estimate of drug-likeness (QED) is 0.830. The predicted molar refractivity (Wildman–Crippen MR) is 64.4 cm³/mol. The normalized spacial score (nSPS) is 22.8. The molecule has 0 spiro atoms. The van der Waals surface area contributed by atoms with Crippen LogP contribution in [-0.4, -0.2) is 39.1 Å². The van der Waals surface area contributed by atoms with E-state index in [-0.39, 0.29) is 11.4 Å². The van der Waals surface area contributed by atoms with Crippen LogP contribution in [0.1, 0.15) is 26.0 Å². The van der Waals surface area contributed by atoms with Crippen LogP contribution in [0.4, 0.5) is 0 Å². The zero-order chi connectivity index (χ0) is 12.5. The summed E-state index contributed by atoms with van der Waals surface area (Å²) < 4.78 is 0. The molecule has 2 rings (SSSR count). The van der Waals surface area contributed by atoms with Crippen LogP contribution in [0.5, 0.6) is 0 Å². The first-order chi connectivity index (χ1) is 7.99. The number of hydrogen-bond acceptors (Lipinski definition) is 3. The van der Waals surface area contributed by atoms with Crippen LogP contribution in [0.15, 0.2) is 24.4 Å². The Balaban J connectivity index is 2.06. The highest BCUT2D eigenvalue weighted by Gasteiger charge is 2.40. The monoisotopic (exact) mass is 234 g/mol. The second-order valence-electron chi connectivity index (χ2n) is 5.17. The van der Waals surface area contributed by atoms with Gasteiger partial charge in [-0.15, -0.1) is 0 Å². The highest BCUT2D eigenvalue weighted by atomic mass is 16.3. The SMILES string of the molecule is CC1(C)CC(O)CN1C(=O)Cc1ccccn1. The van der Waals surface area contributed by atoms with Crippen molar-refractivity contribution in [1.29, 1.82) is 0 Å². The first-order valence-corrected chi connectivity index (χ1v) is 5.87. The van der Waals surface area contributed by atoms with Crippen molar-refractivity contribution in [2.24, 2.45) is 0 Å². The summed E-state index contributed by atoms with van der Waals surface area (Å²) in [6.45, 7) is 4.40. The van der Waals surface area contributed by atoms with Gasteiger partial charge in [-0.2, -0.15) is 0 Å². The summed E-state index contributed by atoms with van der Waals surface area (Å²) in [5, 5.41) is 9.64. The molecule has 17 heavy (non-hydrogen) atoms. The van der Waals surface area contributed by atoms with Crippen LogP contribution in [0.2, 0.25) is 0 Å². The van der Waals surface area contributed by atoms with Crippen molar-refractivity contribution in [2.75, 3.05) is 6.54 Å². The van der Waals surface area contributed by atoms with Gasteiger partial charge in [0, 0.05) is 24.0 Å². The molecule has 0 aliphatic carbocycles. The fourth-order valence-electron chi connectivity index (χ4n) is 2.40. The van der Waals surface area contributed by atoms with Crippen LogP contribution in [0, 0.1) is 0 Å². The largest absolute Gasteiger partial charge is 0.391 e. The topological polar surface area (TPSA) is 53.4 Å². The highest BCUT2D eigenvalue weighted by Crippen LogP contribution is 2.29. The number of β-amino-alcohol motifs (C(OH)–C–C–N with tert-alkyl or cyclic N) is 1. The molecule has 1 N–H and O–H groups in total. The third-order valence-corrected chi connectivity index (χ3v) is 3.22. The lowest BCUT2D eigenvalue weighted by atomic mass is 10.0. The van der Waals surface area contributed by atoms with Gasteiger partial charge in [0.1, 0.15) is 0 Å². The number of aliphatic hydroxyl groups is 1. The number of aromatic nitrogens is 1. The molecule has 1 aromatic heterocycles. The Kier molecular flexibility index (Phi) is 3.15. The Morgan fingerprint density at radius 2 is 2.35 bits per heavy atom. The molecule has 0 saturated carbocycles. The molecule has 1 aliphatic heterocycles. The summed E-state index contributed by atoms with van der Waals surface area (Å²) in [5.41, 5.74) is 0.514. The van der Waals surface area contributed by atoms with E-state index in [4.69, 9.17) is 0 Å². The molecule has 92 valence electrons. The van der Waals surface area contributed by atoms with E-state index in [2.05, 4.69) is 4.98 Å². The second-order valence-corrected chi connectivity index (χ2v) is 5.17. The third kappa shape index (κ3) is 2.64. The van der Waals surface area contributed by atoms with Gasteiger partial charge in [-0.3, -0.25) is 9.78 Å². The maximum absolute atomic E-state index is 12.2. The number of carbonyl (C=O) groups excluding carboxylic acids is 1. The lowest BCUT2D eigenvalue weighted by Gasteiger charge is -2.31. The third-order valence-electron chi connectivity index (χ3n) is 3.22.